The van der Waals surface area contributed by atoms with Gasteiger partial charge in [0, 0.05) is 62.1 Å². The quantitative estimate of drug-likeness (QED) is 0.276. The predicted octanol–water partition coefficient (Wildman–Crippen LogP) is 5.06. The van der Waals surface area contributed by atoms with Crippen LogP contribution in [-0.2, 0) is 4.74 Å². The number of rotatable bonds is 12. The van der Waals surface area contributed by atoms with Crippen LogP contribution >= 0.6 is 11.6 Å². The number of likely N-dealkylation sites (N-methyl/N-ethyl adjacent to an activating group) is 1. The van der Waals surface area contributed by atoms with Crippen LogP contribution in [0.5, 0.6) is 0 Å². The number of hydrogen-bond acceptors (Lipinski definition) is 4. The van der Waals surface area contributed by atoms with E-state index in [0.29, 0.717) is 17.4 Å². The molecular formula is C23H35ClN2O2. The van der Waals surface area contributed by atoms with Crippen LogP contribution < -0.4 is 4.90 Å². The van der Waals surface area contributed by atoms with E-state index in [0.717, 1.165) is 76.3 Å². The zero-order valence-corrected chi connectivity index (χ0v) is 18.2. The molecule has 1 aromatic rings. The minimum atomic E-state index is 0.159. The molecule has 0 amide bonds. The number of hydrogen-bond donors (Lipinski definition) is 0. The number of anilines is 1. The van der Waals surface area contributed by atoms with Gasteiger partial charge in [0.25, 0.3) is 0 Å². The maximum Gasteiger partial charge on any atom is 0.164 e. The zero-order valence-electron chi connectivity index (χ0n) is 17.5. The summed E-state index contributed by atoms with van der Waals surface area (Å²) in [4.78, 5) is 16.9. The lowest BCUT2D eigenvalue weighted by Gasteiger charge is -2.34. The van der Waals surface area contributed by atoms with Crippen molar-refractivity contribution >= 4 is 23.1 Å². The molecule has 0 aliphatic carbocycles. The lowest BCUT2D eigenvalue weighted by Crippen LogP contribution is -2.35. The fourth-order valence-corrected chi connectivity index (χ4v) is 3.93. The summed E-state index contributed by atoms with van der Waals surface area (Å²) >= 11 is 6.11. The summed E-state index contributed by atoms with van der Waals surface area (Å²) in [6, 6.07) is 5.70. The van der Waals surface area contributed by atoms with Crippen molar-refractivity contribution in [1.82, 2.24) is 4.90 Å². The first-order chi connectivity index (χ1) is 13.5. The Morgan fingerprint density at radius 1 is 1.36 bits per heavy atom. The molecule has 4 nitrogen and oxygen atoms in total. The number of halogens is 1. The van der Waals surface area contributed by atoms with Crippen molar-refractivity contribution in [2.24, 2.45) is 5.92 Å². The third kappa shape index (κ3) is 7.23. The minimum absolute atomic E-state index is 0.159. The molecule has 0 bridgehead atoms. The monoisotopic (exact) mass is 406 g/mol. The van der Waals surface area contributed by atoms with E-state index < -0.39 is 0 Å². The third-order valence-electron chi connectivity index (χ3n) is 5.48. The van der Waals surface area contributed by atoms with Gasteiger partial charge in [-0.1, -0.05) is 24.6 Å². The summed E-state index contributed by atoms with van der Waals surface area (Å²) in [5, 5.41) is 0.628. The first-order valence-corrected chi connectivity index (χ1v) is 10.9. The lowest BCUT2D eigenvalue weighted by molar-refractivity contribution is 0.0988. The normalized spacial score (nSPS) is 15.2. The summed E-state index contributed by atoms with van der Waals surface area (Å²) in [6.07, 6.45) is 6.91. The molecule has 156 valence electrons. The summed E-state index contributed by atoms with van der Waals surface area (Å²) in [6.45, 7) is 11.3. The molecule has 5 heteroatoms. The van der Waals surface area contributed by atoms with E-state index >= 15 is 0 Å². The second-order valence-electron chi connectivity index (χ2n) is 7.67. The summed E-state index contributed by atoms with van der Waals surface area (Å²) in [7, 11) is 2.11. The van der Waals surface area contributed by atoms with Gasteiger partial charge in [-0.25, -0.2) is 0 Å². The highest BCUT2D eigenvalue weighted by molar-refractivity contribution is 6.31. The predicted molar refractivity (Wildman–Crippen MR) is 119 cm³/mol. The molecule has 0 aromatic heterocycles. The first kappa shape index (κ1) is 22.9. The Kier molecular flexibility index (Phi) is 10.0. The molecule has 0 unspecified atom stereocenters. The van der Waals surface area contributed by atoms with Gasteiger partial charge in [0.15, 0.2) is 5.78 Å². The van der Waals surface area contributed by atoms with Gasteiger partial charge in [0.05, 0.1) is 0 Å². The van der Waals surface area contributed by atoms with Crippen LogP contribution in [0.2, 0.25) is 5.02 Å². The number of benzene rings is 1. The number of piperidine rings is 1. The van der Waals surface area contributed by atoms with Gasteiger partial charge in [-0.15, -0.1) is 6.58 Å². The highest BCUT2D eigenvalue weighted by atomic mass is 35.5. The van der Waals surface area contributed by atoms with Crippen LogP contribution in [0.25, 0.3) is 0 Å². The van der Waals surface area contributed by atoms with Gasteiger partial charge in [0.1, 0.15) is 0 Å². The molecule has 2 rings (SSSR count). The molecule has 1 aliphatic rings. The highest BCUT2D eigenvalue weighted by Gasteiger charge is 2.22. The Morgan fingerprint density at radius 2 is 2.11 bits per heavy atom. The van der Waals surface area contributed by atoms with Crippen LogP contribution in [0.15, 0.2) is 30.9 Å². The third-order valence-corrected chi connectivity index (χ3v) is 5.71. The average molecular weight is 407 g/mol. The van der Waals surface area contributed by atoms with Crippen molar-refractivity contribution in [2.75, 3.05) is 51.3 Å². The molecule has 1 saturated heterocycles. The van der Waals surface area contributed by atoms with Crippen molar-refractivity contribution in [2.45, 2.75) is 39.0 Å². The van der Waals surface area contributed by atoms with Crippen LogP contribution in [0.4, 0.5) is 5.69 Å². The number of ether oxygens (including phenoxy) is 1. The van der Waals surface area contributed by atoms with E-state index in [4.69, 9.17) is 16.3 Å². The molecule has 0 atom stereocenters. The zero-order chi connectivity index (χ0) is 20.4. The van der Waals surface area contributed by atoms with Gasteiger partial charge in [-0.2, -0.15) is 0 Å². The largest absolute Gasteiger partial charge is 0.381 e. The standard InChI is InChI=1S/C23H35ClN2O2/c1-4-12-25(3)13-6-16-28-17-11-19-9-14-26(15-10-19)22-8-7-20(24)18-21(22)23(27)5-2/h4,7-8,18-19H,1,5-6,9-17H2,2-3H3. The Bertz CT molecular complexity index is 627. The van der Waals surface area contributed by atoms with E-state index in [1.54, 1.807) is 0 Å². The maximum absolute atomic E-state index is 12.3. The summed E-state index contributed by atoms with van der Waals surface area (Å²) in [5.74, 6) is 0.865. The smallest absolute Gasteiger partial charge is 0.164 e. The van der Waals surface area contributed by atoms with E-state index in [9.17, 15) is 4.79 Å². The number of nitrogens with zero attached hydrogens (tertiary/aromatic N) is 2. The average Bonchev–Trinajstić information content (AvgIpc) is 2.70. The molecular weight excluding hydrogens is 372 g/mol. The van der Waals surface area contributed by atoms with Crippen LogP contribution in [0.3, 0.4) is 0 Å². The van der Waals surface area contributed by atoms with Gasteiger partial charge < -0.3 is 14.5 Å². The minimum Gasteiger partial charge on any atom is -0.381 e. The number of Topliss-reactive ketones (excluding diaryl/α,β-unsaturated/α-hetero) is 1. The fourth-order valence-electron chi connectivity index (χ4n) is 3.76. The SMILES string of the molecule is C=CCN(C)CCCOCCC1CCN(c2ccc(Cl)cc2C(=O)CC)CC1. The number of carbonyl (C=O) groups excluding carboxylic acids is 1. The van der Waals surface area contributed by atoms with E-state index in [1.165, 1.54) is 0 Å². The van der Waals surface area contributed by atoms with E-state index in [1.807, 2.05) is 31.2 Å². The first-order valence-electron chi connectivity index (χ1n) is 10.5. The van der Waals surface area contributed by atoms with Crippen LogP contribution in [0.1, 0.15) is 49.4 Å². The van der Waals surface area contributed by atoms with Gasteiger partial charge in [-0.05, 0) is 56.8 Å². The molecule has 1 heterocycles. The van der Waals surface area contributed by atoms with Crippen molar-refractivity contribution in [1.29, 1.82) is 0 Å². The van der Waals surface area contributed by atoms with Gasteiger partial charge in [-0.3, -0.25) is 4.79 Å². The number of carbonyl (C=O) groups is 1. The highest BCUT2D eigenvalue weighted by Crippen LogP contribution is 2.30. The molecule has 1 aromatic carbocycles. The van der Waals surface area contributed by atoms with Crippen molar-refractivity contribution in [3.63, 3.8) is 0 Å². The van der Waals surface area contributed by atoms with Crippen molar-refractivity contribution in [3.8, 4) is 0 Å². The second-order valence-corrected chi connectivity index (χ2v) is 8.11. The molecule has 1 aliphatic heterocycles. The van der Waals surface area contributed by atoms with Gasteiger partial charge >= 0.3 is 0 Å². The van der Waals surface area contributed by atoms with Crippen LogP contribution in [0, 0.1) is 5.92 Å². The Morgan fingerprint density at radius 3 is 2.79 bits per heavy atom. The van der Waals surface area contributed by atoms with E-state index in [-0.39, 0.29) is 5.78 Å². The molecule has 0 spiro atoms. The molecule has 0 saturated carbocycles. The molecule has 1 fully saturated rings. The summed E-state index contributed by atoms with van der Waals surface area (Å²) < 4.78 is 5.83. The Hall–Kier alpha value is -1.36. The topological polar surface area (TPSA) is 32.8 Å². The van der Waals surface area contributed by atoms with Gasteiger partial charge in [0.2, 0.25) is 0 Å². The number of ketones is 1. The lowest BCUT2D eigenvalue weighted by atomic mass is 9.93. The Labute approximate surface area is 175 Å². The molecule has 0 N–H and O–H groups in total. The van der Waals surface area contributed by atoms with E-state index in [2.05, 4.69) is 23.4 Å². The fraction of sp³-hybridized carbons (Fsp3) is 0.609. The van der Waals surface area contributed by atoms with Crippen molar-refractivity contribution in [3.05, 3.63) is 41.4 Å². The van der Waals surface area contributed by atoms with Crippen molar-refractivity contribution < 1.29 is 9.53 Å². The van der Waals surface area contributed by atoms with Crippen LogP contribution in [-0.4, -0.2) is 57.1 Å². The molecule has 0 radical (unpaired) electrons. The summed E-state index contributed by atoms with van der Waals surface area (Å²) in [5.41, 5.74) is 1.80. The maximum atomic E-state index is 12.3. The molecule has 28 heavy (non-hydrogen) atoms. The second kappa shape index (κ2) is 12.3. The Balaban J connectivity index is 1.71.